The molecule has 0 unspecified atom stereocenters. The van der Waals surface area contributed by atoms with Gasteiger partial charge in [0.25, 0.3) is 5.91 Å². The van der Waals surface area contributed by atoms with Gasteiger partial charge in [-0.2, -0.15) is 0 Å². The highest BCUT2D eigenvalue weighted by atomic mass is 19.1. The van der Waals surface area contributed by atoms with Gasteiger partial charge in [0.2, 0.25) is 0 Å². The van der Waals surface area contributed by atoms with E-state index in [-0.39, 0.29) is 18.3 Å². The molecule has 0 aliphatic heterocycles. The highest BCUT2D eigenvalue weighted by Gasteiger charge is 2.09. The number of ether oxygens (including phenoxy) is 1. The monoisotopic (exact) mass is 283 g/mol. The Hall–Kier alpha value is -1.62. The summed E-state index contributed by atoms with van der Waals surface area (Å²) in [6, 6.07) is 4.19. The quantitative estimate of drug-likeness (QED) is 0.808. The molecule has 1 atom stereocenters. The molecule has 1 rings (SSSR count). The van der Waals surface area contributed by atoms with Crippen molar-refractivity contribution in [2.75, 3.05) is 13.2 Å². The molecule has 4 nitrogen and oxygen atoms in total. The predicted octanol–water partition coefficient (Wildman–Crippen LogP) is 2.42. The zero-order valence-corrected chi connectivity index (χ0v) is 12.1. The SMILES string of the molecule is CC(C)CCNC(=O)COc1ccc([C@H](C)O)cc1F. The van der Waals surface area contributed by atoms with Crippen LogP contribution in [0.3, 0.4) is 0 Å². The standard InChI is InChI=1S/C15H22FNO3/c1-10(2)6-7-17-15(19)9-20-14-5-4-12(11(3)18)8-13(14)16/h4-5,8,10-11,18H,6-7,9H2,1-3H3,(H,17,19)/t11-/m0/s1. The van der Waals surface area contributed by atoms with Crippen LogP contribution >= 0.6 is 0 Å². The second-order valence-electron chi connectivity index (χ2n) is 5.19. The molecule has 0 saturated carbocycles. The number of amides is 1. The van der Waals surface area contributed by atoms with Crippen molar-refractivity contribution in [2.45, 2.75) is 33.3 Å². The molecule has 0 bridgehead atoms. The van der Waals surface area contributed by atoms with Crippen LogP contribution < -0.4 is 10.1 Å². The Labute approximate surface area is 119 Å². The van der Waals surface area contributed by atoms with E-state index in [0.717, 1.165) is 6.42 Å². The van der Waals surface area contributed by atoms with Gasteiger partial charge in [0.05, 0.1) is 6.10 Å². The predicted molar refractivity (Wildman–Crippen MR) is 75.0 cm³/mol. The molecule has 20 heavy (non-hydrogen) atoms. The van der Waals surface area contributed by atoms with Gasteiger partial charge in [0.15, 0.2) is 18.2 Å². The molecule has 1 amide bonds. The highest BCUT2D eigenvalue weighted by molar-refractivity contribution is 5.77. The van der Waals surface area contributed by atoms with Gasteiger partial charge in [-0.15, -0.1) is 0 Å². The molecular formula is C15H22FNO3. The number of rotatable bonds is 7. The fourth-order valence-corrected chi connectivity index (χ4v) is 1.59. The lowest BCUT2D eigenvalue weighted by Crippen LogP contribution is -2.30. The van der Waals surface area contributed by atoms with Crippen molar-refractivity contribution < 1.29 is 19.0 Å². The van der Waals surface area contributed by atoms with E-state index in [0.29, 0.717) is 18.0 Å². The zero-order chi connectivity index (χ0) is 15.1. The first kappa shape index (κ1) is 16.4. The molecule has 0 heterocycles. The Morgan fingerprint density at radius 3 is 2.65 bits per heavy atom. The number of hydrogen-bond acceptors (Lipinski definition) is 3. The third-order valence-corrected chi connectivity index (χ3v) is 2.84. The Morgan fingerprint density at radius 2 is 2.10 bits per heavy atom. The second-order valence-corrected chi connectivity index (χ2v) is 5.19. The van der Waals surface area contributed by atoms with Crippen molar-refractivity contribution >= 4 is 5.91 Å². The first-order valence-electron chi connectivity index (χ1n) is 6.77. The van der Waals surface area contributed by atoms with E-state index in [4.69, 9.17) is 4.74 Å². The van der Waals surface area contributed by atoms with Crippen LogP contribution in [0.4, 0.5) is 4.39 Å². The lowest BCUT2D eigenvalue weighted by molar-refractivity contribution is -0.123. The molecule has 2 N–H and O–H groups in total. The number of hydrogen-bond donors (Lipinski definition) is 2. The van der Waals surface area contributed by atoms with Gasteiger partial charge >= 0.3 is 0 Å². The van der Waals surface area contributed by atoms with E-state index >= 15 is 0 Å². The number of aliphatic hydroxyl groups is 1. The van der Waals surface area contributed by atoms with Crippen LogP contribution in [-0.2, 0) is 4.79 Å². The molecule has 0 aliphatic carbocycles. The minimum atomic E-state index is -0.738. The van der Waals surface area contributed by atoms with E-state index in [2.05, 4.69) is 19.2 Å². The Morgan fingerprint density at radius 1 is 1.40 bits per heavy atom. The maximum absolute atomic E-state index is 13.7. The minimum absolute atomic E-state index is 0.00779. The fraction of sp³-hybridized carbons (Fsp3) is 0.533. The van der Waals surface area contributed by atoms with E-state index in [1.807, 2.05) is 0 Å². The maximum Gasteiger partial charge on any atom is 0.257 e. The molecule has 0 saturated heterocycles. The lowest BCUT2D eigenvalue weighted by atomic mass is 10.1. The van der Waals surface area contributed by atoms with E-state index < -0.39 is 11.9 Å². The molecule has 5 heteroatoms. The summed E-state index contributed by atoms with van der Waals surface area (Å²) >= 11 is 0. The van der Waals surface area contributed by atoms with Crippen molar-refractivity contribution in [1.29, 1.82) is 0 Å². The summed E-state index contributed by atoms with van der Waals surface area (Å²) in [5, 5.41) is 12.0. The Bertz CT molecular complexity index is 447. The summed E-state index contributed by atoms with van der Waals surface area (Å²) in [4.78, 5) is 11.5. The van der Waals surface area contributed by atoms with Gasteiger partial charge in [0, 0.05) is 6.54 Å². The number of nitrogens with one attached hydrogen (secondary N) is 1. The highest BCUT2D eigenvalue weighted by Crippen LogP contribution is 2.21. The number of carbonyl (C=O) groups is 1. The van der Waals surface area contributed by atoms with Crippen molar-refractivity contribution in [3.05, 3.63) is 29.6 Å². The van der Waals surface area contributed by atoms with Crippen LogP contribution in [0.25, 0.3) is 0 Å². The van der Waals surface area contributed by atoms with Crippen LogP contribution in [0.5, 0.6) is 5.75 Å². The summed E-state index contributed by atoms with van der Waals surface area (Å²) in [5.41, 5.74) is 0.469. The first-order chi connectivity index (χ1) is 9.40. The van der Waals surface area contributed by atoms with Gasteiger partial charge in [-0.3, -0.25) is 4.79 Å². The van der Waals surface area contributed by atoms with Crippen LogP contribution in [0, 0.1) is 11.7 Å². The average molecular weight is 283 g/mol. The summed E-state index contributed by atoms with van der Waals surface area (Å²) < 4.78 is 18.8. The van der Waals surface area contributed by atoms with Crippen molar-refractivity contribution in [3.8, 4) is 5.75 Å². The van der Waals surface area contributed by atoms with Crippen LogP contribution in [0.1, 0.15) is 38.9 Å². The first-order valence-corrected chi connectivity index (χ1v) is 6.77. The molecular weight excluding hydrogens is 261 g/mol. The van der Waals surface area contributed by atoms with Crippen LogP contribution in [0.15, 0.2) is 18.2 Å². The topological polar surface area (TPSA) is 58.6 Å². The zero-order valence-electron chi connectivity index (χ0n) is 12.1. The summed E-state index contributed by atoms with van der Waals surface area (Å²) in [6.07, 6.45) is 0.154. The smallest absolute Gasteiger partial charge is 0.257 e. The average Bonchev–Trinajstić information content (AvgIpc) is 2.36. The molecule has 0 aromatic heterocycles. The molecule has 112 valence electrons. The molecule has 0 spiro atoms. The van der Waals surface area contributed by atoms with Crippen molar-refractivity contribution in [1.82, 2.24) is 5.32 Å². The van der Waals surface area contributed by atoms with E-state index in [9.17, 15) is 14.3 Å². The molecule has 0 aliphatic rings. The lowest BCUT2D eigenvalue weighted by Gasteiger charge is -2.11. The molecule has 0 fully saturated rings. The summed E-state index contributed by atoms with van der Waals surface area (Å²) in [7, 11) is 0. The Balaban J connectivity index is 2.43. The second kappa shape index (κ2) is 7.85. The molecule has 0 radical (unpaired) electrons. The minimum Gasteiger partial charge on any atom is -0.481 e. The maximum atomic E-state index is 13.7. The van der Waals surface area contributed by atoms with Gasteiger partial charge in [-0.1, -0.05) is 19.9 Å². The van der Waals surface area contributed by atoms with Gasteiger partial charge in [-0.25, -0.2) is 4.39 Å². The number of aliphatic hydroxyl groups excluding tert-OH is 1. The molecule has 1 aromatic carbocycles. The molecule has 1 aromatic rings. The fourth-order valence-electron chi connectivity index (χ4n) is 1.59. The summed E-state index contributed by atoms with van der Waals surface area (Å²) in [5.74, 6) is -0.335. The van der Waals surface area contributed by atoms with Gasteiger partial charge < -0.3 is 15.2 Å². The van der Waals surface area contributed by atoms with Gasteiger partial charge in [0.1, 0.15) is 0 Å². The number of halogens is 1. The number of carbonyl (C=O) groups excluding carboxylic acids is 1. The van der Waals surface area contributed by atoms with Gasteiger partial charge in [-0.05, 0) is 37.0 Å². The third kappa shape index (κ3) is 5.57. The van der Waals surface area contributed by atoms with Crippen molar-refractivity contribution in [2.24, 2.45) is 5.92 Å². The normalized spacial score (nSPS) is 12.3. The largest absolute Gasteiger partial charge is 0.481 e. The summed E-state index contributed by atoms with van der Waals surface area (Å²) in [6.45, 7) is 6.06. The third-order valence-electron chi connectivity index (χ3n) is 2.84. The van der Waals surface area contributed by atoms with Crippen molar-refractivity contribution in [3.63, 3.8) is 0 Å². The number of benzene rings is 1. The van der Waals surface area contributed by atoms with Crippen LogP contribution in [-0.4, -0.2) is 24.2 Å². The van der Waals surface area contributed by atoms with E-state index in [1.54, 1.807) is 13.0 Å². The van der Waals surface area contributed by atoms with Crippen LogP contribution in [0.2, 0.25) is 0 Å². The van der Waals surface area contributed by atoms with E-state index in [1.165, 1.54) is 12.1 Å². The Kier molecular flexibility index (Phi) is 6.45.